The molecule has 6 nitrogen and oxygen atoms in total. The molecule has 0 radical (unpaired) electrons. The monoisotopic (exact) mass is 384 g/mol. The lowest BCUT2D eigenvalue weighted by Crippen LogP contribution is -2.39. The minimum absolute atomic E-state index is 0.101. The molecule has 0 bridgehead atoms. The predicted molar refractivity (Wildman–Crippen MR) is 108 cm³/mol. The van der Waals surface area contributed by atoms with Crippen molar-refractivity contribution in [1.29, 1.82) is 0 Å². The SMILES string of the molecule is Cc1cc(Cl)ccc1NC(=O)Nc1cccc(C2=NNC(=O)CC2(C)C)c1. The second-order valence-corrected chi connectivity index (χ2v) is 7.61. The third kappa shape index (κ3) is 4.46. The van der Waals surface area contributed by atoms with Gasteiger partial charge in [0.15, 0.2) is 0 Å². The van der Waals surface area contributed by atoms with E-state index < -0.39 is 0 Å². The van der Waals surface area contributed by atoms with Crippen LogP contribution in [0.3, 0.4) is 0 Å². The average Bonchev–Trinajstić information content (AvgIpc) is 2.56. The molecule has 1 aliphatic heterocycles. The fourth-order valence-electron chi connectivity index (χ4n) is 3.05. The van der Waals surface area contributed by atoms with Crippen molar-refractivity contribution in [1.82, 2.24) is 5.43 Å². The number of carbonyl (C=O) groups is 2. The smallest absolute Gasteiger partial charge is 0.308 e. The molecule has 0 spiro atoms. The molecule has 7 heteroatoms. The maximum atomic E-state index is 12.3. The van der Waals surface area contributed by atoms with E-state index in [1.165, 1.54) is 0 Å². The van der Waals surface area contributed by atoms with Crippen molar-refractivity contribution in [2.75, 3.05) is 10.6 Å². The van der Waals surface area contributed by atoms with Crippen molar-refractivity contribution in [3.8, 4) is 0 Å². The zero-order valence-corrected chi connectivity index (χ0v) is 16.1. The number of nitrogens with one attached hydrogen (secondary N) is 3. The summed E-state index contributed by atoms with van der Waals surface area (Å²) >= 11 is 5.94. The normalized spacial score (nSPS) is 15.6. The number of carbonyl (C=O) groups excluding carboxylic acids is 2. The number of halogens is 1. The number of anilines is 2. The molecule has 2 aromatic rings. The number of hydrogen-bond donors (Lipinski definition) is 3. The zero-order chi connectivity index (χ0) is 19.6. The summed E-state index contributed by atoms with van der Waals surface area (Å²) in [5.74, 6) is -0.101. The summed E-state index contributed by atoms with van der Waals surface area (Å²) < 4.78 is 0. The number of nitrogens with zero attached hydrogens (tertiary/aromatic N) is 1. The standard InChI is InChI=1S/C20H21ClN4O2/c1-12-9-14(21)7-8-16(12)23-19(27)22-15-6-4-5-13(10-15)18-20(2,3)11-17(26)24-25-18/h4-10H,11H2,1-3H3,(H,24,26)(H2,22,23,27). The van der Waals surface area contributed by atoms with Gasteiger partial charge in [-0.3, -0.25) is 4.79 Å². The van der Waals surface area contributed by atoms with Crippen LogP contribution in [0.25, 0.3) is 0 Å². The van der Waals surface area contributed by atoms with Crippen LogP contribution in [-0.4, -0.2) is 17.6 Å². The van der Waals surface area contributed by atoms with Crippen molar-refractivity contribution in [2.24, 2.45) is 10.5 Å². The molecule has 3 N–H and O–H groups in total. The van der Waals surface area contributed by atoms with E-state index >= 15 is 0 Å². The Hall–Kier alpha value is -2.86. The van der Waals surface area contributed by atoms with E-state index in [1.807, 2.05) is 39.0 Å². The van der Waals surface area contributed by atoms with Crippen molar-refractivity contribution < 1.29 is 9.59 Å². The summed E-state index contributed by atoms with van der Waals surface area (Å²) in [7, 11) is 0. The van der Waals surface area contributed by atoms with Gasteiger partial charge in [0, 0.05) is 33.8 Å². The van der Waals surface area contributed by atoms with Crippen molar-refractivity contribution in [3.05, 3.63) is 58.6 Å². The first-order valence-corrected chi connectivity index (χ1v) is 8.94. The Kier molecular flexibility index (Phi) is 5.19. The Morgan fingerprint density at radius 3 is 2.67 bits per heavy atom. The minimum atomic E-state index is -0.385. The van der Waals surface area contributed by atoms with Gasteiger partial charge in [-0.2, -0.15) is 5.10 Å². The third-order valence-corrected chi connectivity index (χ3v) is 4.60. The predicted octanol–water partition coefficient (Wildman–Crippen LogP) is 4.54. The second-order valence-electron chi connectivity index (χ2n) is 7.18. The summed E-state index contributed by atoms with van der Waals surface area (Å²) in [6.45, 7) is 5.82. The van der Waals surface area contributed by atoms with Gasteiger partial charge in [0.1, 0.15) is 0 Å². The van der Waals surface area contributed by atoms with Crippen molar-refractivity contribution >= 4 is 40.6 Å². The molecule has 27 heavy (non-hydrogen) atoms. The number of rotatable bonds is 3. The van der Waals surface area contributed by atoms with Gasteiger partial charge in [0.25, 0.3) is 0 Å². The van der Waals surface area contributed by atoms with Gasteiger partial charge >= 0.3 is 6.03 Å². The fourth-order valence-corrected chi connectivity index (χ4v) is 3.27. The number of amides is 3. The molecule has 0 unspecified atom stereocenters. The molecule has 3 amide bonds. The molecule has 2 aromatic carbocycles. The van der Waals surface area contributed by atoms with E-state index in [4.69, 9.17) is 11.6 Å². The van der Waals surface area contributed by atoms with Crippen LogP contribution in [0.5, 0.6) is 0 Å². The highest BCUT2D eigenvalue weighted by Crippen LogP contribution is 2.30. The first-order valence-electron chi connectivity index (χ1n) is 8.56. The average molecular weight is 385 g/mol. The number of benzene rings is 2. The van der Waals surface area contributed by atoms with Gasteiger partial charge in [-0.05, 0) is 42.8 Å². The van der Waals surface area contributed by atoms with Gasteiger partial charge in [-0.1, -0.05) is 37.6 Å². The first kappa shape index (κ1) is 18.9. The largest absolute Gasteiger partial charge is 0.323 e. The summed E-state index contributed by atoms with van der Waals surface area (Å²) in [4.78, 5) is 23.9. The Morgan fingerprint density at radius 1 is 1.19 bits per heavy atom. The van der Waals surface area contributed by atoms with Crippen LogP contribution in [0.1, 0.15) is 31.4 Å². The number of hydrazone groups is 1. The van der Waals surface area contributed by atoms with E-state index in [9.17, 15) is 9.59 Å². The van der Waals surface area contributed by atoms with Gasteiger partial charge in [0.2, 0.25) is 5.91 Å². The number of urea groups is 1. The van der Waals surface area contributed by atoms with Gasteiger partial charge in [-0.15, -0.1) is 0 Å². The van der Waals surface area contributed by atoms with Crippen LogP contribution in [0.15, 0.2) is 47.6 Å². The zero-order valence-electron chi connectivity index (χ0n) is 15.4. The van der Waals surface area contributed by atoms with E-state index in [2.05, 4.69) is 21.2 Å². The molecule has 140 valence electrons. The van der Waals surface area contributed by atoms with Crippen molar-refractivity contribution in [2.45, 2.75) is 27.2 Å². The molecular weight excluding hydrogens is 364 g/mol. The number of aryl methyl sites for hydroxylation is 1. The highest BCUT2D eigenvalue weighted by molar-refractivity contribution is 6.30. The van der Waals surface area contributed by atoms with Crippen LogP contribution >= 0.6 is 11.6 Å². The molecule has 3 rings (SSSR count). The van der Waals surface area contributed by atoms with Crippen LogP contribution in [0, 0.1) is 12.3 Å². The summed E-state index contributed by atoms with van der Waals surface area (Å²) in [5.41, 5.74) is 5.96. The minimum Gasteiger partial charge on any atom is -0.308 e. The topological polar surface area (TPSA) is 82.6 Å². The Bertz CT molecular complexity index is 937. The van der Waals surface area contributed by atoms with Crippen LogP contribution in [0.4, 0.5) is 16.2 Å². The van der Waals surface area contributed by atoms with E-state index in [0.717, 1.165) is 16.8 Å². The molecular formula is C20H21ClN4O2. The molecule has 1 heterocycles. The maximum absolute atomic E-state index is 12.3. The molecule has 0 atom stereocenters. The second kappa shape index (κ2) is 7.40. The third-order valence-electron chi connectivity index (χ3n) is 4.37. The van der Waals surface area contributed by atoms with Gasteiger partial charge in [-0.25, -0.2) is 10.2 Å². The first-order chi connectivity index (χ1) is 12.7. The molecule has 0 fully saturated rings. The molecule has 0 aliphatic carbocycles. The van der Waals surface area contributed by atoms with E-state index in [1.54, 1.807) is 24.3 Å². The van der Waals surface area contributed by atoms with Crippen LogP contribution in [0.2, 0.25) is 5.02 Å². The molecule has 1 aliphatic rings. The van der Waals surface area contributed by atoms with Gasteiger partial charge < -0.3 is 10.6 Å². The molecule has 0 aromatic heterocycles. The lowest BCUT2D eigenvalue weighted by molar-refractivity contribution is -0.122. The summed E-state index contributed by atoms with van der Waals surface area (Å²) in [6.07, 6.45) is 0.361. The van der Waals surface area contributed by atoms with E-state index in [-0.39, 0.29) is 17.4 Å². The van der Waals surface area contributed by atoms with Crippen LogP contribution in [-0.2, 0) is 4.79 Å². The summed E-state index contributed by atoms with van der Waals surface area (Å²) in [6, 6.07) is 12.3. The Balaban J connectivity index is 1.76. The Morgan fingerprint density at radius 2 is 1.96 bits per heavy atom. The van der Waals surface area contributed by atoms with Crippen molar-refractivity contribution in [3.63, 3.8) is 0 Å². The number of hydrogen-bond acceptors (Lipinski definition) is 3. The maximum Gasteiger partial charge on any atom is 0.323 e. The lowest BCUT2D eigenvalue weighted by Gasteiger charge is -2.29. The quantitative estimate of drug-likeness (QED) is 0.725. The molecule has 0 saturated carbocycles. The highest BCUT2D eigenvalue weighted by atomic mass is 35.5. The highest BCUT2D eigenvalue weighted by Gasteiger charge is 2.33. The summed E-state index contributed by atoms with van der Waals surface area (Å²) in [5, 5.41) is 10.5. The fraction of sp³-hybridized carbons (Fsp3) is 0.250. The lowest BCUT2D eigenvalue weighted by atomic mass is 9.79. The Labute approximate surface area is 163 Å². The van der Waals surface area contributed by atoms with Gasteiger partial charge in [0.05, 0.1) is 5.71 Å². The molecule has 0 saturated heterocycles. The van der Waals surface area contributed by atoms with Crippen LogP contribution < -0.4 is 16.1 Å². The van der Waals surface area contributed by atoms with E-state index in [0.29, 0.717) is 22.8 Å².